The second kappa shape index (κ2) is 7.56. The van der Waals surface area contributed by atoms with Gasteiger partial charge in [0.2, 0.25) is 0 Å². The first-order valence-electron chi connectivity index (χ1n) is 7.25. The third-order valence-corrected chi connectivity index (χ3v) is 3.54. The fourth-order valence-electron chi connectivity index (χ4n) is 2.53. The SMILES string of the molecule is CCCNC(CC1CCCCO1)c1cncc(F)c1. The van der Waals surface area contributed by atoms with Gasteiger partial charge in [0.15, 0.2) is 0 Å². The van der Waals surface area contributed by atoms with Gasteiger partial charge in [0.1, 0.15) is 5.82 Å². The van der Waals surface area contributed by atoms with E-state index >= 15 is 0 Å². The first-order valence-corrected chi connectivity index (χ1v) is 7.25. The summed E-state index contributed by atoms with van der Waals surface area (Å²) in [4.78, 5) is 3.95. The van der Waals surface area contributed by atoms with Gasteiger partial charge in [0, 0.05) is 18.8 Å². The normalized spacial score (nSPS) is 21.3. The van der Waals surface area contributed by atoms with Crippen LogP contribution in [-0.2, 0) is 4.74 Å². The van der Waals surface area contributed by atoms with Crippen LogP contribution in [0.15, 0.2) is 18.5 Å². The molecule has 2 unspecified atom stereocenters. The van der Waals surface area contributed by atoms with E-state index < -0.39 is 0 Å². The molecule has 1 fully saturated rings. The zero-order valence-corrected chi connectivity index (χ0v) is 11.6. The highest BCUT2D eigenvalue weighted by Gasteiger charge is 2.21. The molecule has 0 spiro atoms. The number of halogens is 1. The van der Waals surface area contributed by atoms with Crippen molar-refractivity contribution in [1.82, 2.24) is 10.3 Å². The van der Waals surface area contributed by atoms with Crippen LogP contribution in [0.25, 0.3) is 0 Å². The average molecular weight is 266 g/mol. The van der Waals surface area contributed by atoms with Crippen molar-refractivity contribution >= 4 is 0 Å². The van der Waals surface area contributed by atoms with Crippen LogP contribution in [0.4, 0.5) is 4.39 Å². The maximum atomic E-state index is 13.3. The molecular formula is C15H23FN2O. The topological polar surface area (TPSA) is 34.1 Å². The van der Waals surface area contributed by atoms with Gasteiger partial charge >= 0.3 is 0 Å². The summed E-state index contributed by atoms with van der Waals surface area (Å²) in [5.74, 6) is -0.273. The highest BCUT2D eigenvalue weighted by atomic mass is 19.1. The zero-order valence-electron chi connectivity index (χ0n) is 11.6. The van der Waals surface area contributed by atoms with Crippen molar-refractivity contribution in [3.05, 3.63) is 29.8 Å². The number of hydrogen-bond acceptors (Lipinski definition) is 3. The Kier molecular flexibility index (Phi) is 5.73. The van der Waals surface area contributed by atoms with Crippen molar-refractivity contribution in [2.75, 3.05) is 13.2 Å². The van der Waals surface area contributed by atoms with Crippen molar-refractivity contribution in [2.24, 2.45) is 0 Å². The number of aromatic nitrogens is 1. The molecule has 0 radical (unpaired) electrons. The van der Waals surface area contributed by atoms with Gasteiger partial charge in [-0.15, -0.1) is 0 Å². The molecule has 1 aliphatic rings. The molecule has 1 saturated heterocycles. The summed E-state index contributed by atoms with van der Waals surface area (Å²) >= 11 is 0. The maximum absolute atomic E-state index is 13.3. The van der Waals surface area contributed by atoms with E-state index in [1.807, 2.05) is 0 Å². The van der Waals surface area contributed by atoms with E-state index in [2.05, 4.69) is 17.2 Å². The van der Waals surface area contributed by atoms with Crippen LogP contribution in [0, 0.1) is 5.82 Å². The standard InChI is InChI=1S/C15H23FN2O/c1-2-6-18-15(9-14-5-3-4-7-19-14)12-8-13(16)11-17-10-12/h8,10-11,14-15,18H,2-7,9H2,1H3. The van der Waals surface area contributed by atoms with Crippen molar-refractivity contribution in [3.8, 4) is 0 Å². The minimum Gasteiger partial charge on any atom is -0.378 e. The van der Waals surface area contributed by atoms with Gasteiger partial charge in [-0.2, -0.15) is 0 Å². The average Bonchev–Trinajstić information content (AvgIpc) is 2.44. The van der Waals surface area contributed by atoms with Gasteiger partial charge in [0.25, 0.3) is 0 Å². The van der Waals surface area contributed by atoms with E-state index in [1.54, 1.807) is 12.3 Å². The molecule has 1 aromatic heterocycles. The lowest BCUT2D eigenvalue weighted by molar-refractivity contribution is 0.00501. The second-order valence-corrected chi connectivity index (χ2v) is 5.17. The van der Waals surface area contributed by atoms with Gasteiger partial charge in [-0.3, -0.25) is 4.98 Å². The van der Waals surface area contributed by atoms with E-state index in [0.717, 1.165) is 44.4 Å². The zero-order chi connectivity index (χ0) is 13.5. The number of ether oxygens (including phenoxy) is 1. The Morgan fingerprint density at radius 3 is 3.05 bits per heavy atom. The first kappa shape index (κ1) is 14.4. The van der Waals surface area contributed by atoms with Gasteiger partial charge in [-0.1, -0.05) is 6.92 Å². The van der Waals surface area contributed by atoms with Crippen molar-refractivity contribution < 1.29 is 9.13 Å². The molecule has 0 saturated carbocycles. The molecule has 1 aliphatic heterocycles. The molecular weight excluding hydrogens is 243 g/mol. The second-order valence-electron chi connectivity index (χ2n) is 5.17. The lowest BCUT2D eigenvalue weighted by Crippen LogP contribution is -2.29. The molecule has 106 valence electrons. The summed E-state index contributed by atoms with van der Waals surface area (Å²) in [5, 5.41) is 3.47. The Labute approximate surface area is 114 Å². The van der Waals surface area contributed by atoms with E-state index in [0.29, 0.717) is 0 Å². The van der Waals surface area contributed by atoms with Crippen molar-refractivity contribution in [2.45, 2.75) is 51.2 Å². The third-order valence-electron chi connectivity index (χ3n) is 3.54. The van der Waals surface area contributed by atoms with Crippen LogP contribution in [-0.4, -0.2) is 24.2 Å². The summed E-state index contributed by atoms with van der Waals surface area (Å²) in [6.07, 6.45) is 8.73. The van der Waals surface area contributed by atoms with Gasteiger partial charge in [-0.05, 0) is 50.3 Å². The van der Waals surface area contributed by atoms with Gasteiger partial charge in [-0.25, -0.2) is 4.39 Å². The monoisotopic (exact) mass is 266 g/mol. The summed E-state index contributed by atoms with van der Waals surface area (Å²) in [7, 11) is 0. The number of nitrogens with one attached hydrogen (secondary N) is 1. The number of pyridine rings is 1. The number of rotatable bonds is 6. The van der Waals surface area contributed by atoms with E-state index in [4.69, 9.17) is 4.74 Å². The number of hydrogen-bond donors (Lipinski definition) is 1. The van der Waals surface area contributed by atoms with Crippen LogP contribution in [0.3, 0.4) is 0 Å². The van der Waals surface area contributed by atoms with Crippen LogP contribution in [0.1, 0.15) is 50.6 Å². The highest BCUT2D eigenvalue weighted by Crippen LogP contribution is 2.24. The molecule has 1 aromatic rings. The van der Waals surface area contributed by atoms with E-state index in [1.165, 1.54) is 12.6 Å². The highest BCUT2D eigenvalue weighted by molar-refractivity contribution is 5.15. The smallest absolute Gasteiger partial charge is 0.141 e. The lowest BCUT2D eigenvalue weighted by Gasteiger charge is -2.27. The Morgan fingerprint density at radius 2 is 2.37 bits per heavy atom. The minimum absolute atomic E-state index is 0.131. The van der Waals surface area contributed by atoms with Crippen LogP contribution in [0.2, 0.25) is 0 Å². The Balaban J connectivity index is 2.01. The van der Waals surface area contributed by atoms with Crippen molar-refractivity contribution in [3.63, 3.8) is 0 Å². The molecule has 4 heteroatoms. The largest absolute Gasteiger partial charge is 0.378 e. The molecule has 0 aromatic carbocycles. The Hall–Kier alpha value is -1.00. The minimum atomic E-state index is -0.273. The molecule has 0 bridgehead atoms. The first-order chi connectivity index (χ1) is 9.29. The molecule has 2 heterocycles. The van der Waals surface area contributed by atoms with E-state index in [-0.39, 0.29) is 18.0 Å². The van der Waals surface area contributed by atoms with E-state index in [9.17, 15) is 4.39 Å². The third kappa shape index (κ3) is 4.55. The summed E-state index contributed by atoms with van der Waals surface area (Å²) < 4.78 is 19.1. The fourth-order valence-corrected chi connectivity index (χ4v) is 2.53. The molecule has 1 N–H and O–H groups in total. The summed E-state index contributed by atoms with van der Waals surface area (Å²) in [5.41, 5.74) is 0.919. The molecule has 3 nitrogen and oxygen atoms in total. The van der Waals surface area contributed by atoms with Gasteiger partial charge in [0.05, 0.1) is 12.3 Å². The summed E-state index contributed by atoms with van der Waals surface area (Å²) in [6.45, 7) is 3.91. The molecule has 0 aliphatic carbocycles. The predicted octanol–water partition coefficient (Wildman–Crippen LogP) is 3.22. The molecule has 2 atom stereocenters. The van der Waals surface area contributed by atoms with Crippen LogP contribution >= 0.6 is 0 Å². The molecule has 0 amide bonds. The van der Waals surface area contributed by atoms with Crippen LogP contribution in [0.5, 0.6) is 0 Å². The Morgan fingerprint density at radius 1 is 1.47 bits per heavy atom. The van der Waals surface area contributed by atoms with Crippen molar-refractivity contribution in [1.29, 1.82) is 0 Å². The lowest BCUT2D eigenvalue weighted by atomic mass is 9.97. The molecule has 2 rings (SSSR count). The van der Waals surface area contributed by atoms with Crippen LogP contribution < -0.4 is 5.32 Å². The van der Waals surface area contributed by atoms with Gasteiger partial charge < -0.3 is 10.1 Å². The Bertz CT molecular complexity index is 380. The maximum Gasteiger partial charge on any atom is 0.141 e. The fraction of sp³-hybridized carbons (Fsp3) is 0.667. The summed E-state index contributed by atoms with van der Waals surface area (Å²) in [6, 6.07) is 1.70. The predicted molar refractivity (Wildman–Crippen MR) is 73.4 cm³/mol. The number of nitrogens with zero attached hydrogens (tertiary/aromatic N) is 1. The quantitative estimate of drug-likeness (QED) is 0.858. The molecule has 19 heavy (non-hydrogen) atoms.